The SMILES string of the molecule is CN=C(NCCN(CC1CC1)C1CC1)NCc1ccc(C)cc1OC. The maximum absolute atomic E-state index is 5.47. The number of aryl methyl sites for hydroxylation is 1. The summed E-state index contributed by atoms with van der Waals surface area (Å²) in [4.78, 5) is 7.01. The molecule has 0 radical (unpaired) electrons. The minimum absolute atomic E-state index is 0.706. The molecule has 2 fully saturated rings. The van der Waals surface area contributed by atoms with Gasteiger partial charge < -0.3 is 15.4 Å². The molecule has 0 spiro atoms. The zero-order valence-electron chi connectivity index (χ0n) is 15.8. The number of nitrogens with one attached hydrogen (secondary N) is 2. The number of benzene rings is 1. The number of methoxy groups -OCH3 is 1. The van der Waals surface area contributed by atoms with Crippen LogP contribution in [0.25, 0.3) is 0 Å². The number of rotatable bonds is 9. The molecule has 0 aromatic heterocycles. The van der Waals surface area contributed by atoms with Crippen molar-refractivity contribution in [2.45, 2.75) is 45.2 Å². The van der Waals surface area contributed by atoms with Crippen molar-refractivity contribution in [2.24, 2.45) is 10.9 Å². The molecule has 0 bridgehead atoms. The number of ether oxygens (including phenoxy) is 1. The standard InChI is InChI=1S/C20H32N4O/c1-15-4-7-17(19(12-15)25-3)13-23-20(21-2)22-10-11-24(18-8-9-18)14-16-5-6-16/h4,7,12,16,18H,5-6,8-11,13-14H2,1-3H3,(H2,21,22,23). The normalized spacial score (nSPS) is 17.7. The van der Waals surface area contributed by atoms with Gasteiger partial charge in [0, 0.05) is 44.8 Å². The monoisotopic (exact) mass is 344 g/mol. The number of hydrogen-bond acceptors (Lipinski definition) is 3. The summed E-state index contributed by atoms with van der Waals surface area (Å²) in [7, 11) is 3.54. The zero-order chi connectivity index (χ0) is 17.6. The highest BCUT2D eigenvalue weighted by Crippen LogP contribution is 2.34. The van der Waals surface area contributed by atoms with Crippen molar-refractivity contribution in [1.82, 2.24) is 15.5 Å². The van der Waals surface area contributed by atoms with E-state index in [-0.39, 0.29) is 0 Å². The second-order valence-electron chi connectivity index (χ2n) is 7.34. The van der Waals surface area contributed by atoms with Crippen LogP contribution in [0.2, 0.25) is 0 Å². The Labute approximate surface area is 151 Å². The molecular formula is C20H32N4O. The van der Waals surface area contributed by atoms with E-state index in [0.717, 1.165) is 42.3 Å². The molecule has 5 heteroatoms. The van der Waals surface area contributed by atoms with Gasteiger partial charge >= 0.3 is 0 Å². The Kier molecular flexibility index (Phi) is 6.19. The second kappa shape index (κ2) is 8.56. The van der Waals surface area contributed by atoms with Crippen LogP contribution in [0.4, 0.5) is 0 Å². The van der Waals surface area contributed by atoms with E-state index < -0.39 is 0 Å². The average Bonchev–Trinajstić information content (AvgIpc) is 3.51. The van der Waals surface area contributed by atoms with E-state index in [1.54, 1.807) is 7.11 Å². The topological polar surface area (TPSA) is 48.9 Å². The third-order valence-corrected chi connectivity index (χ3v) is 5.06. The van der Waals surface area contributed by atoms with Gasteiger partial charge in [-0.15, -0.1) is 0 Å². The van der Waals surface area contributed by atoms with Crippen molar-refractivity contribution >= 4 is 5.96 Å². The van der Waals surface area contributed by atoms with E-state index in [4.69, 9.17) is 4.74 Å². The third-order valence-electron chi connectivity index (χ3n) is 5.06. The fraction of sp³-hybridized carbons (Fsp3) is 0.650. The first-order valence-corrected chi connectivity index (χ1v) is 9.51. The lowest BCUT2D eigenvalue weighted by Crippen LogP contribution is -2.42. The fourth-order valence-electron chi connectivity index (χ4n) is 3.21. The highest BCUT2D eigenvalue weighted by Gasteiger charge is 2.33. The number of guanidine groups is 1. The van der Waals surface area contributed by atoms with E-state index >= 15 is 0 Å². The molecule has 3 rings (SSSR count). The Morgan fingerprint density at radius 2 is 2.04 bits per heavy atom. The van der Waals surface area contributed by atoms with E-state index in [1.165, 1.54) is 37.8 Å². The highest BCUT2D eigenvalue weighted by atomic mass is 16.5. The van der Waals surface area contributed by atoms with Gasteiger partial charge in [-0.05, 0) is 50.2 Å². The van der Waals surface area contributed by atoms with Crippen LogP contribution >= 0.6 is 0 Å². The minimum Gasteiger partial charge on any atom is -0.496 e. The molecule has 25 heavy (non-hydrogen) atoms. The Bertz CT molecular complexity index is 593. The molecule has 0 aliphatic heterocycles. The smallest absolute Gasteiger partial charge is 0.191 e. The van der Waals surface area contributed by atoms with Crippen LogP contribution < -0.4 is 15.4 Å². The molecule has 1 aromatic rings. The van der Waals surface area contributed by atoms with Crippen LogP contribution in [-0.2, 0) is 6.54 Å². The first kappa shape index (κ1) is 18.1. The summed E-state index contributed by atoms with van der Waals surface area (Å²) in [6.07, 6.45) is 5.62. The molecule has 2 N–H and O–H groups in total. The lowest BCUT2D eigenvalue weighted by Gasteiger charge is -2.22. The van der Waals surface area contributed by atoms with Crippen LogP contribution in [0.3, 0.4) is 0 Å². The molecule has 2 aliphatic rings. The molecule has 138 valence electrons. The maximum Gasteiger partial charge on any atom is 0.191 e. The first-order chi connectivity index (χ1) is 12.2. The van der Waals surface area contributed by atoms with E-state index in [2.05, 4.69) is 45.6 Å². The van der Waals surface area contributed by atoms with Crippen LogP contribution in [0, 0.1) is 12.8 Å². The number of hydrogen-bond donors (Lipinski definition) is 2. The summed E-state index contributed by atoms with van der Waals surface area (Å²) in [5.74, 6) is 2.74. The van der Waals surface area contributed by atoms with Crippen molar-refractivity contribution < 1.29 is 4.74 Å². The molecule has 0 atom stereocenters. The van der Waals surface area contributed by atoms with Gasteiger partial charge in [0.1, 0.15) is 5.75 Å². The number of nitrogens with zero attached hydrogens (tertiary/aromatic N) is 2. The van der Waals surface area contributed by atoms with E-state index in [0.29, 0.717) is 6.54 Å². The van der Waals surface area contributed by atoms with Crippen molar-refractivity contribution in [3.05, 3.63) is 29.3 Å². The van der Waals surface area contributed by atoms with E-state index in [1.807, 2.05) is 7.05 Å². The van der Waals surface area contributed by atoms with Crippen LogP contribution in [0.1, 0.15) is 36.8 Å². The van der Waals surface area contributed by atoms with Gasteiger partial charge in [-0.25, -0.2) is 0 Å². The average molecular weight is 345 g/mol. The van der Waals surface area contributed by atoms with Gasteiger partial charge in [-0.2, -0.15) is 0 Å². The van der Waals surface area contributed by atoms with Crippen molar-refractivity contribution in [2.75, 3.05) is 33.8 Å². The highest BCUT2D eigenvalue weighted by molar-refractivity contribution is 5.79. The van der Waals surface area contributed by atoms with Crippen LogP contribution in [-0.4, -0.2) is 50.7 Å². The van der Waals surface area contributed by atoms with Crippen LogP contribution in [0.5, 0.6) is 5.75 Å². The van der Waals surface area contributed by atoms with E-state index in [9.17, 15) is 0 Å². The van der Waals surface area contributed by atoms with Crippen molar-refractivity contribution in [3.8, 4) is 5.75 Å². The lowest BCUT2D eigenvalue weighted by atomic mass is 10.1. The zero-order valence-corrected chi connectivity index (χ0v) is 15.8. The second-order valence-corrected chi connectivity index (χ2v) is 7.34. The van der Waals surface area contributed by atoms with Crippen LogP contribution in [0.15, 0.2) is 23.2 Å². The van der Waals surface area contributed by atoms with Gasteiger partial charge in [0.2, 0.25) is 0 Å². The predicted molar refractivity (Wildman–Crippen MR) is 103 cm³/mol. The minimum atomic E-state index is 0.706. The molecule has 1 aromatic carbocycles. The summed E-state index contributed by atoms with van der Waals surface area (Å²) in [6, 6.07) is 7.13. The van der Waals surface area contributed by atoms with Gasteiger partial charge in [0.15, 0.2) is 5.96 Å². The number of aliphatic imine (C=N–C) groups is 1. The van der Waals surface area contributed by atoms with Gasteiger partial charge in [-0.3, -0.25) is 9.89 Å². The lowest BCUT2D eigenvalue weighted by molar-refractivity contribution is 0.256. The molecule has 0 unspecified atom stereocenters. The quantitative estimate of drug-likeness (QED) is 0.534. The Morgan fingerprint density at radius 3 is 2.68 bits per heavy atom. The Hall–Kier alpha value is -1.75. The summed E-state index contributed by atoms with van der Waals surface area (Å²) >= 11 is 0. The summed E-state index contributed by atoms with van der Waals surface area (Å²) in [5.41, 5.74) is 2.35. The predicted octanol–water partition coefficient (Wildman–Crippen LogP) is 2.54. The van der Waals surface area contributed by atoms with Gasteiger partial charge in [-0.1, -0.05) is 12.1 Å². The molecule has 0 heterocycles. The molecule has 2 saturated carbocycles. The third kappa shape index (κ3) is 5.63. The molecule has 0 amide bonds. The van der Waals surface area contributed by atoms with Crippen molar-refractivity contribution in [1.29, 1.82) is 0 Å². The molecule has 0 saturated heterocycles. The Morgan fingerprint density at radius 1 is 1.24 bits per heavy atom. The molecular weight excluding hydrogens is 312 g/mol. The van der Waals surface area contributed by atoms with Crippen molar-refractivity contribution in [3.63, 3.8) is 0 Å². The van der Waals surface area contributed by atoms with Gasteiger partial charge in [0.05, 0.1) is 7.11 Å². The van der Waals surface area contributed by atoms with Gasteiger partial charge in [0.25, 0.3) is 0 Å². The largest absolute Gasteiger partial charge is 0.496 e. The summed E-state index contributed by atoms with van der Waals surface area (Å²) < 4.78 is 5.47. The first-order valence-electron chi connectivity index (χ1n) is 9.51. The summed E-state index contributed by atoms with van der Waals surface area (Å²) in [5, 5.41) is 6.84. The Balaban J connectivity index is 1.43. The fourth-order valence-corrected chi connectivity index (χ4v) is 3.21. The summed E-state index contributed by atoms with van der Waals surface area (Å²) in [6.45, 7) is 6.12. The maximum atomic E-state index is 5.47. The molecule has 2 aliphatic carbocycles. The molecule has 5 nitrogen and oxygen atoms in total.